The van der Waals surface area contributed by atoms with E-state index in [1.807, 2.05) is 6.07 Å². The summed E-state index contributed by atoms with van der Waals surface area (Å²) in [5, 5.41) is 0. The Morgan fingerprint density at radius 3 is 2.30 bits per heavy atom. The van der Waals surface area contributed by atoms with Gasteiger partial charge in [-0.25, -0.2) is 0 Å². The van der Waals surface area contributed by atoms with Crippen LogP contribution < -0.4 is 5.73 Å². The second-order valence-corrected chi connectivity index (χ2v) is 5.09. The van der Waals surface area contributed by atoms with Crippen molar-refractivity contribution in [3.8, 4) is 11.1 Å². The lowest BCUT2D eigenvalue weighted by Gasteiger charge is -2.13. The van der Waals surface area contributed by atoms with E-state index in [0.717, 1.165) is 6.42 Å². The Labute approximate surface area is 128 Å². The fourth-order valence-electron chi connectivity index (χ4n) is 2.36. The molecule has 2 N–H and O–H groups in total. The Bertz CT molecular complexity index is 496. The van der Waals surface area contributed by atoms with Gasteiger partial charge in [0.25, 0.3) is 0 Å². The number of hydrogen-bond donors (Lipinski definition) is 1. The van der Waals surface area contributed by atoms with Crippen molar-refractivity contribution in [2.45, 2.75) is 38.6 Å². The third kappa shape index (κ3) is 4.66. The van der Waals surface area contributed by atoms with Crippen molar-refractivity contribution in [2.24, 2.45) is 5.73 Å². The summed E-state index contributed by atoms with van der Waals surface area (Å²) >= 11 is 0. The summed E-state index contributed by atoms with van der Waals surface area (Å²) in [6, 6.07) is 19.3. The first-order chi connectivity index (χ1) is 9.31. The molecule has 0 aliphatic heterocycles. The van der Waals surface area contributed by atoms with Crippen molar-refractivity contribution in [1.82, 2.24) is 0 Å². The molecule has 0 heterocycles. The Morgan fingerprint density at radius 1 is 0.900 bits per heavy atom. The SMILES string of the molecule is CCCCC[C@@H](N)c1cccc(-c2ccccc2)c1.Cl. The maximum atomic E-state index is 6.28. The van der Waals surface area contributed by atoms with Crippen LogP contribution in [0.5, 0.6) is 0 Å². The molecule has 108 valence electrons. The molecular weight excluding hydrogens is 266 g/mol. The molecule has 0 amide bonds. The monoisotopic (exact) mass is 289 g/mol. The Hall–Kier alpha value is -1.31. The Kier molecular flexibility index (Phi) is 7.35. The highest BCUT2D eigenvalue weighted by Crippen LogP contribution is 2.24. The van der Waals surface area contributed by atoms with Crippen molar-refractivity contribution in [3.05, 3.63) is 60.2 Å². The topological polar surface area (TPSA) is 26.0 Å². The second kappa shape index (κ2) is 8.78. The molecule has 0 radical (unpaired) electrons. The molecular formula is C18H24ClN. The van der Waals surface area contributed by atoms with E-state index in [1.54, 1.807) is 0 Å². The van der Waals surface area contributed by atoms with E-state index in [-0.39, 0.29) is 18.4 Å². The number of halogens is 1. The first-order valence-corrected chi connectivity index (χ1v) is 7.22. The molecule has 1 nitrogen and oxygen atoms in total. The molecule has 0 fully saturated rings. The van der Waals surface area contributed by atoms with E-state index < -0.39 is 0 Å². The molecule has 0 bridgehead atoms. The highest BCUT2D eigenvalue weighted by Gasteiger charge is 2.06. The van der Waals surface area contributed by atoms with Crippen LogP contribution in [0, 0.1) is 0 Å². The van der Waals surface area contributed by atoms with Gasteiger partial charge in [0.15, 0.2) is 0 Å². The molecule has 0 aromatic heterocycles. The van der Waals surface area contributed by atoms with Gasteiger partial charge in [-0.15, -0.1) is 12.4 Å². The van der Waals surface area contributed by atoms with Gasteiger partial charge in [-0.05, 0) is 29.2 Å². The maximum absolute atomic E-state index is 6.28. The molecule has 20 heavy (non-hydrogen) atoms. The smallest absolute Gasteiger partial charge is 0.0295 e. The fourth-order valence-corrected chi connectivity index (χ4v) is 2.36. The van der Waals surface area contributed by atoms with Crippen LogP contribution in [-0.2, 0) is 0 Å². The van der Waals surface area contributed by atoms with E-state index >= 15 is 0 Å². The summed E-state index contributed by atoms with van der Waals surface area (Å²) in [6.45, 7) is 2.22. The highest BCUT2D eigenvalue weighted by atomic mass is 35.5. The van der Waals surface area contributed by atoms with Gasteiger partial charge < -0.3 is 5.73 Å². The first-order valence-electron chi connectivity index (χ1n) is 7.22. The summed E-state index contributed by atoms with van der Waals surface area (Å²) in [6.07, 6.45) is 4.81. The molecule has 0 aliphatic carbocycles. The maximum Gasteiger partial charge on any atom is 0.0295 e. The third-order valence-electron chi connectivity index (χ3n) is 3.54. The number of benzene rings is 2. The standard InChI is InChI=1S/C18H23N.ClH/c1-2-3-5-13-18(19)17-12-8-11-16(14-17)15-9-6-4-7-10-15;/h4,6-12,14,18H,2-3,5,13,19H2,1H3;1H/t18-;/m1./s1. The molecule has 0 saturated carbocycles. The Morgan fingerprint density at radius 2 is 1.60 bits per heavy atom. The van der Waals surface area contributed by atoms with Gasteiger partial charge in [0, 0.05) is 6.04 Å². The zero-order chi connectivity index (χ0) is 13.5. The first kappa shape index (κ1) is 16.7. The van der Waals surface area contributed by atoms with Crippen LogP contribution in [-0.4, -0.2) is 0 Å². The van der Waals surface area contributed by atoms with Gasteiger partial charge >= 0.3 is 0 Å². The van der Waals surface area contributed by atoms with E-state index in [9.17, 15) is 0 Å². The summed E-state index contributed by atoms with van der Waals surface area (Å²) in [5.74, 6) is 0. The van der Waals surface area contributed by atoms with Crippen LogP contribution in [0.25, 0.3) is 11.1 Å². The predicted molar refractivity (Wildman–Crippen MR) is 90.2 cm³/mol. The number of rotatable bonds is 6. The lowest BCUT2D eigenvalue weighted by atomic mass is 9.97. The van der Waals surface area contributed by atoms with Gasteiger partial charge in [0.2, 0.25) is 0 Å². The molecule has 2 rings (SSSR count). The van der Waals surface area contributed by atoms with Gasteiger partial charge in [0.1, 0.15) is 0 Å². The van der Waals surface area contributed by atoms with Crippen molar-refractivity contribution in [3.63, 3.8) is 0 Å². The van der Waals surface area contributed by atoms with Gasteiger partial charge in [-0.3, -0.25) is 0 Å². The van der Waals surface area contributed by atoms with E-state index in [0.29, 0.717) is 0 Å². The van der Waals surface area contributed by atoms with Crippen molar-refractivity contribution in [2.75, 3.05) is 0 Å². The highest BCUT2D eigenvalue weighted by molar-refractivity contribution is 5.85. The van der Waals surface area contributed by atoms with Crippen LogP contribution in [0.15, 0.2) is 54.6 Å². The van der Waals surface area contributed by atoms with Crippen molar-refractivity contribution in [1.29, 1.82) is 0 Å². The van der Waals surface area contributed by atoms with Crippen LogP contribution in [0.4, 0.5) is 0 Å². The minimum Gasteiger partial charge on any atom is -0.324 e. The average Bonchev–Trinajstić information content (AvgIpc) is 2.48. The van der Waals surface area contributed by atoms with Crippen molar-refractivity contribution < 1.29 is 0 Å². The lowest BCUT2D eigenvalue weighted by Crippen LogP contribution is -2.10. The predicted octanol–water partition coefficient (Wildman–Crippen LogP) is 5.36. The zero-order valence-corrected chi connectivity index (χ0v) is 12.9. The van der Waals surface area contributed by atoms with Crippen LogP contribution in [0.2, 0.25) is 0 Å². The number of unbranched alkanes of at least 4 members (excludes halogenated alkanes) is 2. The zero-order valence-electron chi connectivity index (χ0n) is 12.1. The number of nitrogens with two attached hydrogens (primary N) is 1. The van der Waals surface area contributed by atoms with E-state index in [2.05, 4.69) is 55.5 Å². The van der Waals surface area contributed by atoms with Crippen LogP contribution >= 0.6 is 12.4 Å². The molecule has 2 aromatic rings. The van der Waals surface area contributed by atoms with Gasteiger partial charge in [-0.1, -0.05) is 74.7 Å². The summed E-state index contributed by atoms with van der Waals surface area (Å²) in [7, 11) is 0. The largest absolute Gasteiger partial charge is 0.324 e. The second-order valence-electron chi connectivity index (χ2n) is 5.09. The summed E-state index contributed by atoms with van der Waals surface area (Å²) < 4.78 is 0. The quantitative estimate of drug-likeness (QED) is 0.712. The van der Waals surface area contributed by atoms with Gasteiger partial charge in [0.05, 0.1) is 0 Å². The molecule has 2 heteroatoms. The average molecular weight is 290 g/mol. The number of hydrogen-bond acceptors (Lipinski definition) is 1. The third-order valence-corrected chi connectivity index (χ3v) is 3.54. The molecule has 0 unspecified atom stereocenters. The van der Waals surface area contributed by atoms with Crippen LogP contribution in [0.1, 0.15) is 44.2 Å². The van der Waals surface area contributed by atoms with E-state index in [4.69, 9.17) is 5.73 Å². The molecule has 0 saturated heterocycles. The fraction of sp³-hybridized carbons (Fsp3) is 0.333. The molecule has 0 aliphatic rings. The molecule has 2 aromatic carbocycles. The van der Waals surface area contributed by atoms with Gasteiger partial charge in [-0.2, -0.15) is 0 Å². The Balaban J connectivity index is 0.00000200. The van der Waals surface area contributed by atoms with Crippen molar-refractivity contribution >= 4 is 12.4 Å². The minimum absolute atomic E-state index is 0. The van der Waals surface area contributed by atoms with Crippen LogP contribution in [0.3, 0.4) is 0 Å². The lowest BCUT2D eigenvalue weighted by molar-refractivity contribution is 0.581. The van der Waals surface area contributed by atoms with E-state index in [1.165, 1.54) is 36.0 Å². The minimum atomic E-state index is 0. The molecule has 1 atom stereocenters. The summed E-state index contributed by atoms with van der Waals surface area (Å²) in [4.78, 5) is 0. The summed E-state index contributed by atoms with van der Waals surface area (Å²) in [5.41, 5.74) is 10.0. The molecule has 0 spiro atoms. The normalized spacial score (nSPS) is 11.7.